The number of carbonyl (C=O) groups excluding carboxylic acids is 1. The summed E-state index contributed by atoms with van der Waals surface area (Å²) in [6, 6.07) is 13.3. The van der Waals surface area contributed by atoms with Gasteiger partial charge in [0.1, 0.15) is 5.75 Å². The van der Waals surface area contributed by atoms with Crippen LogP contribution in [0.25, 0.3) is 0 Å². The fourth-order valence-electron chi connectivity index (χ4n) is 3.05. The molecule has 1 saturated heterocycles. The van der Waals surface area contributed by atoms with Crippen LogP contribution in [0.15, 0.2) is 53.4 Å². The fraction of sp³-hybridized carbons (Fsp3) is 0.381. The molecule has 0 radical (unpaired) electrons. The number of hydrogen-bond donors (Lipinski definition) is 1. The van der Waals surface area contributed by atoms with E-state index >= 15 is 0 Å². The highest BCUT2D eigenvalue weighted by Crippen LogP contribution is 2.22. The van der Waals surface area contributed by atoms with Crippen LogP contribution in [0.3, 0.4) is 0 Å². The molecular formula is C21H26N2O4S. The lowest BCUT2D eigenvalue weighted by Crippen LogP contribution is -2.27. The molecule has 0 saturated carbocycles. The van der Waals surface area contributed by atoms with Gasteiger partial charge in [-0.15, -0.1) is 0 Å². The van der Waals surface area contributed by atoms with Gasteiger partial charge >= 0.3 is 0 Å². The Balaban J connectivity index is 1.65. The highest BCUT2D eigenvalue weighted by atomic mass is 32.2. The van der Waals surface area contributed by atoms with E-state index in [1.54, 1.807) is 30.3 Å². The monoisotopic (exact) mass is 402 g/mol. The Morgan fingerprint density at radius 2 is 1.82 bits per heavy atom. The van der Waals surface area contributed by atoms with E-state index in [0.717, 1.165) is 25.7 Å². The molecule has 0 atom stereocenters. The van der Waals surface area contributed by atoms with Crippen LogP contribution >= 0.6 is 0 Å². The molecule has 6 nitrogen and oxygen atoms in total. The van der Waals surface area contributed by atoms with Gasteiger partial charge in [0.25, 0.3) is 5.91 Å². The van der Waals surface area contributed by atoms with Crippen LogP contribution in [0.5, 0.6) is 5.75 Å². The highest BCUT2D eigenvalue weighted by Gasteiger charge is 2.26. The first-order valence-electron chi connectivity index (χ1n) is 9.65. The first kappa shape index (κ1) is 20.4. The summed E-state index contributed by atoms with van der Waals surface area (Å²) >= 11 is 0. The Morgan fingerprint density at radius 3 is 2.50 bits per heavy atom. The molecule has 0 unspecified atom stereocenters. The van der Waals surface area contributed by atoms with Crippen molar-refractivity contribution in [1.82, 2.24) is 4.31 Å². The molecule has 1 aliphatic rings. The number of nitrogens with one attached hydrogen (secondary N) is 1. The lowest BCUT2D eigenvalue weighted by Gasteiger charge is -2.15. The first-order valence-corrected chi connectivity index (χ1v) is 11.1. The third-order valence-electron chi connectivity index (χ3n) is 4.68. The number of unbranched alkanes of at least 4 members (excludes halogenated alkanes) is 1. The van der Waals surface area contributed by atoms with E-state index in [4.69, 9.17) is 4.74 Å². The minimum atomic E-state index is -3.45. The van der Waals surface area contributed by atoms with Gasteiger partial charge in [0.05, 0.1) is 11.5 Å². The van der Waals surface area contributed by atoms with Crippen LogP contribution in [0.1, 0.15) is 43.0 Å². The number of ether oxygens (including phenoxy) is 1. The third kappa shape index (κ3) is 4.91. The summed E-state index contributed by atoms with van der Waals surface area (Å²) < 4.78 is 32.3. The number of amides is 1. The molecule has 1 heterocycles. The predicted molar refractivity (Wildman–Crippen MR) is 109 cm³/mol. The molecule has 0 aromatic heterocycles. The van der Waals surface area contributed by atoms with Gasteiger partial charge in [0, 0.05) is 24.3 Å². The maximum atomic E-state index is 12.6. The van der Waals surface area contributed by atoms with Gasteiger partial charge in [0.2, 0.25) is 10.0 Å². The first-order chi connectivity index (χ1) is 13.5. The van der Waals surface area contributed by atoms with E-state index in [1.807, 2.05) is 6.07 Å². The molecule has 28 heavy (non-hydrogen) atoms. The second kappa shape index (κ2) is 9.21. The lowest BCUT2D eigenvalue weighted by atomic mass is 10.2. The number of rotatable bonds is 8. The summed E-state index contributed by atoms with van der Waals surface area (Å²) in [4.78, 5) is 12.7. The third-order valence-corrected chi connectivity index (χ3v) is 6.59. The zero-order chi connectivity index (χ0) is 20.0. The Bertz CT molecular complexity index is 904. The highest BCUT2D eigenvalue weighted by molar-refractivity contribution is 7.89. The van der Waals surface area contributed by atoms with Crippen molar-refractivity contribution in [2.24, 2.45) is 0 Å². The topological polar surface area (TPSA) is 75.7 Å². The van der Waals surface area contributed by atoms with Gasteiger partial charge in [-0.05, 0) is 61.7 Å². The maximum absolute atomic E-state index is 12.6. The molecule has 0 aliphatic carbocycles. The lowest BCUT2D eigenvalue weighted by molar-refractivity contribution is 0.102. The van der Waals surface area contributed by atoms with Crippen molar-refractivity contribution in [3.05, 3.63) is 54.1 Å². The molecule has 1 fully saturated rings. The van der Waals surface area contributed by atoms with Crippen molar-refractivity contribution in [3.8, 4) is 5.75 Å². The van der Waals surface area contributed by atoms with Crippen LogP contribution in [0.4, 0.5) is 5.69 Å². The Morgan fingerprint density at radius 1 is 1.11 bits per heavy atom. The number of benzene rings is 2. The largest absolute Gasteiger partial charge is 0.494 e. The van der Waals surface area contributed by atoms with Crippen molar-refractivity contribution < 1.29 is 17.9 Å². The molecule has 1 N–H and O–H groups in total. The average molecular weight is 403 g/mol. The zero-order valence-electron chi connectivity index (χ0n) is 16.1. The van der Waals surface area contributed by atoms with Crippen molar-refractivity contribution in [2.75, 3.05) is 25.0 Å². The number of sulfonamides is 1. The number of hydrogen-bond acceptors (Lipinski definition) is 4. The van der Waals surface area contributed by atoms with Crippen molar-refractivity contribution in [1.29, 1.82) is 0 Å². The minimum absolute atomic E-state index is 0.249. The van der Waals surface area contributed by atoms with Gasteiger partial charge in [-0.1, -0.05) is 19.4 Å². The number of nitrogens with zero attached hydrogens (tertiary/aromatic N) is 1. The smallest absolute Gasteiger partial charge is 0.255 e. The number of anilines is 1. The Labute approximate surface area is 166 Å². The van der Waals surface area contributed by atoms with Crippen molar-refractivity contribution in [2.45, 2.75) is 37.5 Å². The summed E-state index contributed by atoms with van der Waals surface area (Å²) in [6.07, 6.45) is 3.80. The van der Waals surface area contributed by atoms with Gasteiger partial charge in [0.15, 0.2) is 0 Å². The summed E-state index contributed by atoms with van der Waals surface area (Å²) in [7, 11) is -3.45. The Kier molecular flexibility index (Phi) is 6.70. The summed E-state index contributed by atoms with van der Waals surface area (Å²) in [6.45, 7) is 3.85. The fourth-order valence-corrected chi connectivity index (χ4v) is 4.57. The SMILES string of the molecule is CCCCOc1cccc(C(=O)Nc2ccc(S(=O)(=O)N3CCCC3)cc2)c1. The standard InChI is InChI=1S/C21H26N2O4S/c1-2-3-15-27-19-8-6-7-17(16-19)21(24)22-18-9-11-20(12-10-18)28(25,26)23-13-4-5-14-23/h6-12,16H,2-5,13-15H2,1H3,(H,22,24). The molecular weight excluding hydrogens is 376 g/mol. The quantitative estimate of drug-likeness (QED) is 0.680. The second-order valence-electron chi connectivity index (χ2n) is 6.82. The van der Waals surface area contributed by atoms with Crippen molar-refractivity contribution >= 4 is 21.6 Å². The maximum Gasteiger partial charge on any atom is 0.255 e. The van der Waals surface area contributed by atoms with E-state index in [-0.39, 0.29) is 10.8 Å². The molecule has 1 amide bonds. The molecule has 0 bridgehead atoms. The van der Waals surface area contributed by atoms with E-state index in [0.29, 0.717) is 36.7 Å². The van der Waals surface area contributed by atoms with Gasteiger partial charge in [-0.3, -0.25) is 4.79 Å². The van der Waals surface area contributed by atoms with E-state index in [2.05, 4.69) is 12.2 Å². The Hall–Kier alpha value is -2.38. The van der Waals surface area contributed by atoms with Crippen LogP contribution in [-0.4, -0.2) is 38.3 Å². The molecule has 2 aromatic rings. The predicted octanol–water partition coefficient (Wildman–Crippen LogP) is 3.90. The number of carbonyl (C=O) groups is 1. The van der Waals surface area contributed by atoms with Gasteiger partial charge < -0.3 is 10.1 Å². The zero-order valence-corrected chi connectivity index (χ0v) is 16.9. The van der Waals surface area contributed by atoms with Gasteiger partial charge in [-0.25, -0.2) is 8.42 Å². The average Bonchev–Trinajstić information content (AvgIpc) is 3.25. The van der Waals surface area contributed by atoms with Crippen LogP contribution in [-0.2, 0) is 10.0 Å². The summed E-state index contributed by atoms with van der Waals surface area (Å²) in [5.74, 6) is 0.393. The second-order valence-corrected chi connectivity index (χ2v) is 8.76. The summed E-state index contributed by atoms with van der Waals surface area (Å²) in [5, 5.41) is 2.80. The van der Waals surface area contributed by atoms with Crippen molar-refractivity contribution in [3.63, 3.8) is 0 Å². The van der Waals surface area contributed by atoms with Crippen LogP contribution in [0.2, 0.25) is 0 Å². The minimum Gasteiger partial charge on any atom is -0.494 e. The van der Waals surface area contributed by atoms with E-state index in [9.17, 15) is 13.2 Å². The van der Waals surface area contributed by atoms with E-state index in [1.165, 1.54) is 16.4 Å². The molecule has 2 aromatic carbocycles. The molecule has 7 heteroatoms. The molecule has 1 aliphatic heterocycles. The van der Waals surface area contributed by atoms with Crippen LogP contribution in [0, 0.1) is 0 Å². The van der Waals surface area contributed by atoms with E-state index < -0.39 is 10.0 Å². The molecule has 0 spiro atoms. The normalized spacial score (nSPS) is 14.8. The molecule has 3 rings (SSSR count). The molecule has 150 valence electrons. The van der Waals surface area contributed by atoms with Crippen LogP contribution < -0.4 is 10.1 Å². The van der Waals surface area contributed by atoms with Gasteiger partial charge in [-0.2, -0.15) is 4.31 Å². The summed E-state index contributed by atoms with van der Waals surface area (Å²) in [5.41, 5.74) is 1.03.